The van der Waals surface area contributed by atoms with Gasteiger partial charge in [0.05, 0.1) is 23.0 Å². The lowest BCUT2D eigenvalue weighted by molar-refractivity contribution is -0.0584. The molecule has 0 fully saturated rings. The number of nitrogens with zero attached hydrogens (tertiary/aromatic N) is 2. The van der Waals surface area contributed by atoms with Gasteiger partial charge in [-0.1, -0.05) is 40.9 Å². The van der Waals surface area contributed by atoms with Gasteiger partial charge in [0.15, 0.2) is 0 Å². The summed E-state index contributed by atoms with van der Waals surface area (Å²) in [5.41, 5.74) is 1.51. The molecule has 128 valence electrons. The van der Waals surface area contributed by atoms with E-state index in [9.17, 15) is 14.4 Å². The molecule has 26 heavy (non-hydrogen) atoms. The molecule has 4 rings (SSSR count). The molecule has 2 heterocycles. The second-order valence-corrected chi connectivity index (χ2v) is 5.93. The van der Waals surface area contributed by atoms with Crippen molar-refractivity contribution in [2.75, 3.05) is 0 Å². The number of H-pyrrole nitrogens is 1. The molecular formula is C18H10ClN3O4. The van der Waals surface area contributed by atoms with E-state index in [2.05, 4.69) is 10.2 Å². The molecule has 1 aliphatic rings. The Labute approximate surface area is 152 Å². The number of rotatable bonds is 3. The minimum absolute atomic E-state index is 0.0869. The maximum atomic E-state index is 12.5. The number of amides is 2. The Hall–Kier alpha value is -3.45. The number of carbonyl (C=O) groups excluding carboxylic acids is 3. The monoisotopic (exact) mass is 367 g/mol. The fourth-order valence-electron chi connectivity index (χ4n) is 2.66. The lowest BCUT2D eigenvalue weighted by Crippen LogP contribution is -2.32. The largest absolute Gasteiger partial charge is 0.367 e. The van der Waals surface area contributed by atoms with E-state index < -0.39 is 17.8 Å². The van der Waals surface area contributed by atoms with E-state index in [-0.39, 0.29) is 16.7 Å². The maximum absolute atomic E-state index is 12.5. The highest BCUT2D eigenvalue weighted by Crippen LogP contribution is 2.26. The van der Waals surface area contributed by atoms with Crippen molar-refractivity contribution >= 4 is 29.4 Å². The first-order chi connectivity index (χ1) is 12.6. The molecule has 2 amide bonds. The lowest BCUT2D eigenvalue weighted by Gasteiger charge is -2.12. The number of hydrogen-bond acceptors (Lipinski definition) is 5. The van der Waals surface area contributed by atoms with Crippen molar-refractivity contribution in [2.24, 2.45) is 0 Å². The minimum Gasteiger partial charge on any atom is -0.324 e. The fourth-order valence-corrected chi connectivity index (χ4v) is 2.79. The highest BCUT2D eigenvalue weighted by atomic mass is 35.5. The smallest absolute Gasteiger partial charge is 0.324 e. The van der Waals surface area contributed by atoms with Crippen LogP contribution in [0.4, 0.5) is 0 Å². The summed E-state index contributed by atoms with van der Waals surface area (Å²) in [6, 6.07) is 13.0. The normalized spacial score (nSPS) is 13.0. The van der Waals surface area contributed by atoms with Gasteiger partial charge in [-0.05, 0) is 24.3 Å². The van der Waals surface area contributed by atoms with Gasteiger partial charge < -0.3 is 4.84 Å². The molecule has 0 unspecified atom stereocenters. The van der Waals surface area contributed by atoms with Crippen LogP contribution in [-0.2, 0) is 4.84 Å². The summed E-state index contributed by atoms with van der Waals surface area (Å²) in [5.74, 6) is -2.25. The zero-order chi connectivity index (χ0) is 18.3. The van der Waals surface area contributed by atoms with Gasteiger partial charge in [0.1, 0.15) is 5.56 Å². The van der Waals surface area contributed by atoms with Gasteiger partial charge in [0, 0.05) is 10.6 Å². The average Bonchev–Trinajstić information content (AvgIpc) is 3.23. The van der Waals surface area contributed by atoms with Crippen LogP contribution in [0.1, 0.15) is 31.1 Å². The number of halogens is 1. The van der Waals surface area contributed by atoms with Crippen molar-refractivity contribution in [3.63, 3.8) is 0 Å². The van der Waals surface area contributed by atoms with Gasteiger partial charge in [0.2, 0.25) is 0 Å². The SMILES string of the molecule is O=C(ON1C(=O)c2ccccc2C1=O)c1cn[nH]c1-c1ccc(Cl)cc1. The molecule has 0 spiro atoms. The number of hydroxylamine groups is 2. The number of carbonyl (C=O) groups is 3. The number of nitrogens with one attached hydrogen (secondary N) is 1. The third kappa shape index (κ3) is 2.55. The Kier molecular flexibility index (Phi) is 3.78. The molecule has 0 saturated carbocycles. The first-order valence-corrected chi connectivity index (χ1v) is 7.93. The van der Waals surface area contributed by atoms with Crippen LogP contribution >= 0.6 is 11.6 Å². The second kappa shape index (κ2) is 6.12. The van der Waals surface area contributed by atoms with Crippen molar-refractivity contribution in [1.82, 2.24) is 15.3 Å². The van der Waals surface area contributed by atoms with Crippen LogP contribution in [0, 0.1) is 0 Å². The molecule has 2 aromatic carbocycles. The van der Waals surface area contributed by atoms with E-state index in [0.29, 0.717) is 21.3 Å². The summed E-state index contributed by atoms with van der Waals surface area (Å²) < 4.78 is 0. The number of benzene rings is 2. The van der Waals surface area contributed by atoms with Crippen molar-refractivity contribution in [3.8, 4) is 11.3 Å². The minimum atomic E-state index is -0.877. The molecule has 8 heteroatoms. The Balaban J connectivity index is 1.61. The number of imide groups is 1. The van der Waals surface area contributed by atoms with E-state index in [0.717, 1.165) is 0 Å². The molecule has 3 aromatic rings. The zero-order valence-electron chi connectivity index (χ0n) is 13.1. The Bertz CT molecular complexity index is 1010. The summed E-state index contributed by atoms with van der Waals surface area (Å²) in [7, 11) is 0. The van der Waals surface area contributed by atoms with E-state index >= 15 is 0 Å². The molecule has 1 N–H and O–H groups in total. The lowest BCUT2D eigenvalue weighted by atomic mass is 10.1. The first kappa shape index (κ1) is 16.0. The molecule has 0 bridgehead atoms. The summed E-state index contributed by atoms with van der Waals surface area (Å²) in [6.07, 6.45) is 1.27. The van der Waals surface area contributed by atoms with Gasteiger partial charge in [-0.3, -0.25) is 14.7 Å². The standard InChI is InChI=1S/C18H10ClN3O4/c19-11-7-5-10(6-8-11)15-14(9-20-21-15)18(25)26-22-16(23)12-3-1-2-4-13(12)17(22)24/h1-9H,(H,20,21). The van der Waals surface area contributed by atoms with Crippen LogP contribution in [0.3, 0.4) is 0 Å². The zero-order valence-corrected chi connectivity index (χ0v) is 13.9. The summed E-state index contributed by atoms with van der Waals surface area (Å²) >= 11 is 5.87. The van der Waals surface area contributed by atoms with Crippen molar-refractivity contribution in [1.29, 1.82) is 0 Å². The second-order valence-electron chi connectivity index (χ2n) is 5.49. The van der Waals surface area contributed by atoms with Gasteiger partial charge in [-0.25, -0.2) is 4.79 Å². The highest BCUT2D eigenvalue weighted by Gasteiger charge is 2.39. The molecular weight excluding hydrogens is 358 g/mol. The van der Waals surface area contributed by atoms with E-state index in [1.165, 1.54) is 18.3 Å². The Morgan fingerprint density at radius 1 is 1.00 bits per heavy atom. The fraction of sp³-hybridized carbons (Fsp3) is 0. The topological polar surface area (TPSA) is 92.4 Å². The van der Waals surface area contributed by atoms with Gasteiger partial charge in [-0.15, -0.1) is 0 Å². The number of fused-ring (bicyclic) bond motifs is 1. The predicted molar refractivity (Wildman–Crippen MR) is 91.4 cm³/mol. The van der Waals surface area contributed by atoms with E-state index in [4.69, 9.17) is 16.4 Å². The average molecular weight is 368 g/mol. The van der Waals surface area contributed by atoms with Crippen LogP contribution in [0.15, 0.2) is 54.7 Å². The number of aromatic amines is 1. The van der Waals surface area contributed by atoms with E-state index in [1.807, 2.05) is 0 Å². The maximum Gasteiger partial charge on any atom is 0.367 e. The molecule has 1 aromatic heterocycles. The van der Waals surface area contributed by atoms with Crippen molar-refractivity contribution in [2.45, 2.75) is 0 Å². The summed E-state index contributed by atoms with van der Waals surface area (Å²) in [5, 5.41) is 7.56. The van der Waals surface area contributed by atoms with Crippen LogP contribution in [0.25, 0.3) is 11.3 Å². The molecule has 0 radical (unpaired) electrons. The van der Waals surface area contributed by atoms with Gasteiger partial charge in [-0.2, -0.15) is 5.10 Å². The summed E-state index contributed by atoms with van der Waals surface area (Å²) in [4.78, 5) is 42.2. The molecule has 0 aliphatic carbocycles. The molecule has 7 nitrogen and oxygen atoms in total. The number of aromatic nitrogens is 2. The van der Waals surface area contributed by atoms with Gasteiger partial charge in [0.25, 0.3) is 11.8 Å². The first-order valence-electron chi connectivity index (χ1n) is 7.55. The van der Waals surface area contributed by atoms with Crippen LogP contribution < -0.4 is 0 Å². The third-order valence-electron chi connectivity index (χ3n) is 3.92. The van der Waals surface area contributed by atoms with Crippen LogP contribution in [0.2, 0.25) is 5.02 Å². The number of hydrogen-bond donors (Lipinski definition) is 1. The quantitative estimate of drug-likeness (QED) is 0.718. The Morgan fingerprint density at radius 2 is 1.62 bits per heavy atom. The molecule has 0 atom stereocenters. The van der Waals surface area contributed by atoms with E-state index in [1.54, 1.807) is 36.4 Å². The third-order valence-corrected chi connectivity index (χ3v) is 4.18. The van der Waals surface area contributed by atoms with Crippen LogP contribution in [0.5, 0.6) is 0 Å². The highest BCUT2D eigenvalue weighted by molar-refractivity contribution is 6.30. The summed E-state index contributed by atoms with van der Waals surface area (Å²) in [6.45, 7) is 0. The Morgan fingerprint density at radius 3 is 2.23 bits per heavy atom. The van der Waals surface area contributed by atoms with Gasteiger partial charge >= 0.3 is 5.97 Å². The van der Waals surface area contributed by atoms with Crippen molar-refractivity contribution < 1.29 is 19.2 Å². The molecule has 1 aliphatic heterocycles. The van der Waals surface area contributed by atoms with Crippen molar-refractivity contribution in [3.05, 3.63) is 76.4 Å². The predicted octanol–water partition coefficient (Wildman–Crippen LogP) is 3.10. The van der Waals surface area contributed by atoms with Crippen LogP contribution in [-0.4, -0.2) is 33.0 Å². The molecule has 0 saturated heterocycles.